The third-order valence-corrected chi connectivity index (χ3v) is 3.44. The Kier molecular flexibility index (Phi) is 7.10. The molecule has 0 saturated heterocycles. The fourth-order valence-corrected chi connectivity index (χ4v) is 1.98. The molecule has 1 amide bonds. The van der Waals surface area contributed by atoms with Crippen LogP contribution in [0, 0.1) is 0 Å². The largest absolute Gasteiger partial charge is 0.497 e. The van der Waals surface area contributed by atoms with Crippen LogP contribution >= 0.6 is 11.6 Å². The molecule has 2 aromatic carbocycles. The van der Waals surface area contributed by atoms with Crippen molar-refractivity contribution in [2.24, 2.45) is 0 Å². The normalized spacial score (nSPS) is 10.0. The van der Waals surface area contributed by atoms with Gasteiger partial charge in [-0.3, -0.25) is 4.79 Å². The van der Waals surface area contributed by atoms with Gasteiger partial charge in [0, 0.05) is 11.6 Å². The maximum absolute atomic E-state index is 11.7. The molecule has 0 atom stereocenters. The van der Waals surface area contributed by atoms with Gasteiger partial charge in [-0.15, -0.1) is 0 Å². The number of amides is 1. The molecular formula is C18H18ClNO5. The molecule has 6 nitrogen and oxygen atoms in total. The quantitative estimate of drug-likeness (QED) is 0.730. The van der Waals surface area contributed by atoms with Gasteiger partial charge in [-0.25, -0.2) is 4.79 Å². The van der Waals surface area contributed by atoms with E-state index in [1.165, 1.54) is 0 Å². The summed E-state index contributed by atoms with van der Waals surface area (Å²) in [4.78, 5) is 23.3. The van der Waals surface area contributed by atoms with Gasteiger partial charge in [0.05, 0.1) is 7.11 Å². The molecule has 0 fully saturated rings. The number of methoxy groups -OCH3 is 1. The van der Waals surface area contributed by atoms with Crippen LogP contribution in [0.25, 0.3) is 0 Å². The number of carbonyl (C=O) groups excluding carboxylic acids is 2. The molecule has 2 aromatic rings. The first-order chi connectivity index (χ1) is 12.1. The molecule has 0 aliphatic rings. The molecule has 7 heteroatoms. The van der Waals surface area contributed by atoms with Crippen LogP contribution in [0.4, 0.5) is 0 Å². The number of nitrogens with one attached hydrogen (secondary N) is 1. The first-order valence-electron chi connectivity index (χ1n) is 7.50. The highest BCUT2D eigenvalue weighted by atomic mass is 35.5. The highest BCUT2D eigenvalue weighted by molar-refractivity contribution is 6.30. The van der Waals surface area contributed by atoms with Crippen LogP contribution in [-0.2, 0) is 20.9 Å². The average Bonchev–Trinajstić information content (AvgIpc) is 2.64. The monoisotopic (exact) mass is 363 g/mol. The number of carbonyl (C=O) groups is 2. The summed E-state index contributed by atoms with van der Waals surface area (Å²) in [6.07, 6.45) is 0. The zero-order valence-electron chi connectivity index (χ0n) is 13.7. The number of hydrogen-bond donors (Lipinski definition) is 1. The molecule has 0 unspecified atom stereocenters. The molecule has 0 radical (unpaired) electrons. The van der Waals surface area contributed by atoms with E-state index in [1.54, 1.807) is 43.5 Å². The number of rotatable bonds is 8. The molecule has 0 saturated carbocycles. The Labute approximate surface area is 150 Å². The van der Waals surface area contributed by atoms with Crippen molar-refractivity contribution in [1.29, 1.82) is 0 Å². The van der Waals surface area contributed by atoms with Gasteiger partial charge in [0.15, 0.2) is 13.2 Å². The topological polar surface area (TPSA) is 73.9 Å². The second-order valence-electron chi connectivity index (χ2n) is 5.03. The van der Waals surface area contributed by atoms with Crippen LogP contribution in [0.2, 0.25) is 5.02 Å². The summed E-state index contributed by atoms with van der Waals surface area (Å²) in [5, 5.41) is 3.23. The van der Waals surface area contributed by atoms with Crippen molar-refractivity contribution < 1.29 is 23.8 Å². The minimum Gasteiger partial charge on any atom is -0.497 e. The first-order valence-corrected chi connectivity index (χ1v) is 7.88. The van der Waals surface area contributed by atoms with Crippen molar-refractivity contribution in [1.82, 2.24) is 5.32 Å². The number of esters is 1. The van der Waals surface area contributed by atoms with Gasteiger partial charge in [-0.05, 0) is 42.0 Å². The van der Waals surface area contributed by atoms with Gasteiger partial charge >= 0.3 is 5.97 Å². The van der Waals surface area contributed by atoms with Gasteiger partial charge in [0.1, 0.15) is 11.5 Å². The second kappa shape index (κ2) is 9.54. The molecule has 25 heavy (non-hydrogen) atoms. The standard InChI is InChI=1S/C18H18ClNO5/c1-23-15-6-2-13(3-7-15)10-20-17(21)11-25-18(22)12-24-16-8-4-14(19)5-9-16/h2-9H,10-12H2,1H3,(H,20,21). The molecule has 132 valence electrons. The summed E-state index contributed by atoms with van der Waals surface area (Å²) in [5.41, 5.74) is 0.909. The Morgan fingerprint density at radius 1 is 0.960 bits per heavy atom. The first kappa shape index (κ1) is 18.6. The van der Waals surface area contributed by atoms with Crippen LogP contribution in [0.1, 0.15) is 5.56 Å². The SMILES string of the molecule is COc1ccc(CNC(=O)COC(=O)COc2ccc(Cl)cc2)cc1. The van der Waals surface area contributed by atoms with Crippen LogP contribution in [0.15, 0.2) is 48.5 Å². The van der Waals surface area contributed by atoms with E-state index in [9.17, 15) is 9.59 Å². The predicted octanol–water partition coefficient (Wildman–Crippen LogP) is 2.59. The zero-order chi connectivity index (χ0) is 18.1. The van der Waals surface area contributed by atoms with E-state index < -0.39 is 11.9 Å². The third-order valence-electron chi connectivity index (χ3n) is 3.18. The number of hydrogen-bond acceptors (Lipinski definition) is 5. The lowest BCUT2D eigenvalue weighted by Gasteiger charge is -2.08. The van der Waals surface area contributed by atoms with E-state index in [2.05, 4.69) is 5.32 Å². The summed E-state index contributed by atoms with van der Waals surface area (Å²) in [6, 6.07) is 13.8. The van der Waals surface area contributed by atoms with Crippen molar-refractivity contribution in [3.8, 4) is 11.5 Å². The predicted molar refractivity (Wildman–Crippen MR) is 92.7 cm³/mol. The number of benzene rings is 2. The molecular weight excluding hydrogens is 346 g/mol. The highest BCUT2D eigenvalue weighted by Gasteiger charge is 2.08. The van der Waals surface area contributed by atoms with E-state index in [0.29, 0.717) is 17.3 Å². The van der Waals surface area contributed by atoms with Gasteiger partial charge < -0.3 is 19.5 Å². The molecule has 0 aromatic heterocycles. The van der Waals surface area contributed by atoms with Crippen LogP contribution in [-0.4, -0.2) is 32.2 Å². The molecule has 0 bridgehead atoms. The highest BCUT2D eigenvalue weighted by Crippen LogP contribution is 2.15. The Balaban J connectivity index is 1.64. The van der Waals surface area contributed by atoms with Gasteiger partial charge in [0.25, 0.3) is 5.91 Å². The summed E-state index contributed by atoms with van der Waals surface area (Å²) in [6.45, 7) is -0.311. The second-order valence-corrected chi connectivity index (χ2v) is 5.46. The van der Waals surface area contributed by atoms with Crippen LogP contribution in [0.5, 0.6) is 11.5 Å². The van der Waals surface area contributed by atoms with Crippen molar-refractivity contribution >= 4 is 23.5 Å². The lowest BCUT2D eigenvalue weighted by atomic mass is 10.2. The molecule has 0 aliphatic heterocycles. The third kappa shape index (κ3) is 6.73. The fourth-order valence-electron chi connectivity index (χ4n) is 1.86. The number of halogens is 1. The van der Waals surface area contributed by atoms with Gasteiger partial charge in [0.2, 0.25) is 0 Å². The van der Waals surface area contributed by atoms with Crippen molar-refractivity contribution in [3.63, 3.8) is 0 Å². The fraction of sp³-hybridized carbons (Fsp3) is 0.222. The lowest BCUT2D eigenvalue weighted by Crippen LogP contribution is -2.29. The van der Waals surface area contributed by atoms with Crippen molar-refractivity contribution in [3.05, 3.63) is 59.1 Å². The van der Waals surface area contributed by atoms with E-state index >= 15 is 0 Å². The Hall–Kier alpha value is -2.73. The van der Waals surface area contributed by atoms with Crippen LogP contribution < -0.4 is 14.8 Å². The van der Waals surface area contributed by atoms with E-state index in [0.717, 1.165) is 11.3 Å². The Bertz CT molecular complexity index is 700. The molecule has 1 N–H and O–H groups in total. The van der Waals surface area contributed by atoms with Crippen molar-refractivity contribution in [2.45, 2.75) is 6.54 Å². The summed E-state index contributed by atoms with van der Waals surface area (Å²) in [7, 11) is 1.59. The van der Waals surface area contributed by atoms with E-state index in [4.69, 9.17) is 25.8 Å². The van der Waals surface area contributed by atoms with Crippen molar-refractivity contribution in [2.75, 3.05) is 20.3 Å². The molecule has 0 heterocycles. The van der Waals surface area contributed by atoms with Crippen LogP contribution in [0.3, 0.4) is 0 Å². The average molecular weight is 364 g/mol. The summed E-state index contributed by atoms with van der Waals surface area (Å²) >= 11 is 5.75. The maximum atomic E-state index is 11.7. The minimum absolute atomic E-state index is 0.284. The number of ether oxygens (including phenoxy) is 3. The van der Waals surface area contributed by atoms with Gasteiger partial charge in [-0.1, -0.05) is 23.7 Å². The van der Waals surface area contributed by atoms with E-state index in [-0.39, 0.29) is 13.2 Å². The minimum atomic E-state index is -0.630. The molecule has 0 aliphatic carbocycles. The van der Waals surface area contributed by atoms with Gasteiger partial charge in [-0.2, -0.15) is 0 Å². The smallest absolute Gasteiger partial charge is 0.344 e. The Morgan fingerprint density at radius 2 is 1.60 bits per heavy atom. The summed E-state index contributed by atoms with van der Waals surface area (Å²) < 4.78 is 15.1. The Morgan fingerprint density at radius 3 is 2.24 bits per heavy atom. The lowest BCUT2D eigenvalue weighted by molar-refractivity contribution is -0.150. The molecule has 2 rings (SSSR count). The summed E-state index contributed by atoms with van der Waals surface area (Å²) in [5.74, 6) is 0.209. The van der Waals surface area contributed by atoms with E-state index in [1.807, 2.05) is 12.1 Å². The zero-order valence-corrected chi connectivity index (χ0v) is 14.4. The maximum Gasteiger partial charge on any atom is 0.344 e. The molecule has 0 spiro atoms.